The predicted molar refractivity (Wildman–Crippen MR) is 167 cm³/mol. The van der Waals surface area contributed by atoms with Crippen molar-refractivity contribution in [2.75, 3.05) is 50.8 Å². The maximum atomic E-state index is 14.7. The molecule has 0 radical (unpaired) electrons. The molecule has 5 aliphatic heterocycles. The normalized spacial score (nSPS) is 28.3. The third-order valence-electron chi connectivity index (χ3n) is 8.99. The number of piperazine rings is 1. The van der Waals surface area contributed by atoms with Gasteiger partial charge in [-0.1, -0.05) is 42.4 Å². The summed E-state index contributed by atoms with van der Waals surface area (Å²) < 4.78 is 33.0. The maximum Gasteiger partial charge on any atom is 0.185 e. The Morgan fingerprint density at radius 1 is 1.23 bits per heavy atom. The molecule has 3 unspecified atom stereocenters. The van der Waals surface area contributed by atoms with Gasteiger partial charge in [0.05, 0.1) is 29.3 Å². The molecule has 0 bridgehead atoms. The van der Waals surface area contributed by atoms with Gasteiger partial charge in [0.15, 0.2) is 23.4 Å². The van der Waals surface area contributed by atoms with Crippen LogP contribution in [0.5, 0.6) is 11.5 Å². The molecule has 0 amide bonds. The molecule has 5 aliphatic rings. The molecule has 2 aromatic carbocycles. The SMILES string of the molecule is CCC(=O)C1=CC2C(N=C(CN3CCN(c4cccc5c4OC(c4ccc(Cl)cc4F)CO5)C[C@@H]3C)N2C[C@@H]2CCO2)S1. The van der Waals surface area contributed by atoms with Crippen LogP contribution in [0.15, 0.2) is 52.4 Å². The van der Waals surface area contributed by atoms with E-state index in [0.717, 1.165) is 62.2 Å². The number of aliphatic imine (C=N–C) groups is 1. The molecule has 0 aliphatic carbocycles. The number of carbonyl (C=O) groups is 1. The van der Waals surface area contributed by atoms with Crippen molar-refractivity contribution in [2.45, 2.75) is 56.4 Å². The lowest BCUT2D eigenvalue weighted by Crippen LogP contribution is -2.55. The Bertz CT molecular complexity index is 1470. The largest absolute Gasteiger partial charge is 0.485 e. The van der Waals surface area contributed by atoms with Gasteiger partial charge in [-0.15, -0.1) is 0 Å². The van der Waals surface area contributed by atoms with Gasteiger partial charge in [-0.25, -0.2) is 4.39 Å². The summed E-state index contributed by atoms with van der Waals surface area (Å²) in [7, 11) is 0. The number of carbonyl (C=O) groups excluding carboxylic acids is 1. The number of para-hydroxylation sites is 1. The second kappa shape index (κ2) is 12.0. The van der Waals surface area contributed by atoms with Crippen molar-refractivity contribution < 1.29 is 23.4 Å². The molecule has 0 aromatic heterocycles. The van der Waals surface area contributed by atoms with Crippen LogP contribution < -0.4 is 14.4 Å². The summed E-state index contributed by atoms with van der Waals surface area (Å²) in [6.45, 7) is 9.22. The van der Waals surface area contributed by atoms with Crippen LogP contribution in [0.1, 0.15) is 38.4 Å². The molecule has 8 nitrogen and oxygen atoms in total. The third-order valence-corrected chi connectivity index (χ3v) is 10.5. The fraction of sp³-hybridized carbons (Fsp3) is 0.500. The number of nitrogens with zero attached hydrogens (tertiary/aromatic N) is 4. The fourth-order valence-electron chi connectivity index (χ4n) is 6.43. The first-order valence-electron chi connectivity index (χ1n) is 15.1. The first-order valence-corrected chi connectivity index (χ1v) is 16.4. The lowest BCUT2D eigenvalue weighted by atomic mass is 10.1. The number of hydrogen-bond acceptors (Lipinski definition) is 9. The highest BCUT2D eigenvalue weighted by molar-refractivity contribution is 8.04. The van der Waals surface area contributed by atoms with Gasteiger partial charge in [0.1, 0.15) is 23.6 Å². The lowest BCUT2D eigenvalue weighted by molar-refractivity contribution is -0.114. The van der Waals surface area contributed by atoms with Crippen LogP contribution in [0.25, 0.3) is 0 Å². The molecule has 11 heteroatoms. The number of Topliss-reactive ketones (excluding diaryl/α,β-unsaturated/α-hetero) is 1. The zero-order valence-electron chi connectivity index (χ0n) is 24.4. The van der Waals surface area contributed by atoms with E-state index in [1.807, 2.05) is 25.1 Å². The lowest BCUT2D eigenvalue weighted by Gasteiger charge is -2.43. The van der Waals surface area contributed by atoms with Gasteiger partial charge in [0.2, 0.25) is 0 Å². The summed E-state index contributed by atoms with van der Waals surface area (Å²) in [4.78, 5) is 25.6. The van der Waals surface area contributed by atoms with E-state index in [9.17, 15) is 9.18 Å². The summed E-state index contributed by atoms with van der Waals surface area (Å²) in [5, 5.41) is 0.382. The number of allylic oxidation sites excluding steroid dienone is 1. The van der Waals surface area contributed by atoms with E-state index in [0.29, 0.717) is 28.5 Å². The third kappa shape index (κ3) is 5.63. The Morgan fingerprint density at radius 3 is 2.84 bits per heavy atom. The van der Waals surface area contributed by atoms with E-state index < -0.39 is 11.9 Å². The Morgan fingerprint density at radius 2 is 2.09 bits per heavy atom. The fourth-order valence-corrected chi connectivity index (χ4v) is 7.88. The van der Waals surface area contributed by atoms with Gasteiger partial charge in [0.25, 0.3) is 0 Å². The predicted octanol–water partition coefficient (Wildman–Crippen LogP) is 5.31. The van der Waals surface area contributed by atoms with Crippen LogP contribution in [-0.2, 0) is 9.53 Å². The Labute approximate surface area is 260 Å². The minimum Gasteiger partial charge on any atom is -0.485 e. The van der Waals surface area contributed by atoms with Crippen LogP contribution in [0.4, 0.5) is 10.1 Å². The highest BCUT2D eigenvalue weighted by Gasteiger charge is 2.43. The van der Waals surface area contributed by atoms with E-state index in [4.69, 9.17) is 30.8 Å². The van der Waals surface area contributed by atoms with Gasteiger partial charge in [-0.05, 0) is 43.7 Å². The van der Waals surface area contributed by atoms with Gasteiger partial charge in [-0.3, -0.25) is 14.7 Å². The monoisotopic (exact) mass is 626 g/mol. The molecule has 5 heterocycles. The quantitative estimate of drug-likeness (QED) is 0.391. The Balaban J connectivity index is 1.04. The van der Waals surface area contributed by atoms with Crippen molar-refractivity contribution in [3.8, 4) is 11.5 Å². The zero-order chi connectivity index (χ0) is 29.7. The second-order valence-corrected chi connectivity index (χ2v) is 13.3. The smallest absolute Gasteiger partial charge is 0.185 e. The van der Waals surface area contributed by atoms with Crippen molar-refractivity contribution in [1.82, 2.24) is 9.80 Å². The summed E-state index contributed by atoms with van der Waals surface area (Å²) >= 11 is 7.58. The van der Waals surface area contributed by atoms with E-state index in [1.54, 1.807) is 23.9 Å². The minimum absolute atomic E-state index is 0.0311. The van der Waals surface area contributed by atoms with Gasteiger partial charge >= 0.3 is 0 Å². The van der Waals surface area contributed by atoms with Crippen molar-refractivity contribution >= 4 is 40.7 Å². The van der Waals surface area contributed by atoms with Crippen LogP contribution in [-0.4, -0.2) is 90.9 Å². The summed E-state index contributed by atoms with van der Waals surface area (Å²) in [6, 6.07) is 10.9. The van der Waals surface area contributed by atoms with Crippen molar-refractivity contribution in [3.05, 3.63) is 63.8 Å². The van der Waals surface area contributed by atoms with Crippen LogP contribution in [0.3, 0.4) is 0 Å². The molecule has 5 atom stereocenters. The Kier molecular flexibility index (Phi) is 8.05. The first kappa shape index (κ1) is 29.0. The molecule has 2 fully saturated rings. The zero-order valence-corrected chi connectivity index (χ0v) is 26.0. The number of thioether (sulfide) groups is 1. The van der Waals surface area contributed by atoms with Gasteiger partial charge < -0.3 is 24.0 Å². The standard InChI is InChI=1S/C32H36ClFN4O4S/c1-3-26(39)29-14-25-32(43-29)35-30(38(25)16-21-9-12-40-21)17-36-10-11-37(15-19(36)2)24-5-4-6-27-31(24)42-28(18-41-27)22-8-7-20(33)13-23(22)34/h4-8,13-14,19,21,25,28,32H,3,9-12,15-18H2,1-2H3/t19-,21-,25?,28?,32?/m0/s1. The van der Waals surface area contributed by atoms with Crippen LogP contribution in [0, 0.1) is 5.82 Å². The van der Waals surface area contributed by atoms with E-state index >= 15 is 0 Å². The number of halogens is 2. The number of hydrogen-bond donors (Lipinski definition) is 0. The number of benzene rings is 2. The van der Waals surface area contributed by atoms with Crippen molar-refractivity contribution in [1.29, 1.82) is 0 Å². The Hall–Kier alpha value is -2.79. The summed E-state index contributed by atoms with van der Waals surface area (Å²) in [5.41, 5.74) is 1.38. The summed E-state index contributed by atoms with van der Waals surface area (Å²) in [5.74, 6) is 2.20. The average Bonchev–Trinajstić information content (AvgIpc) is 3.53. The maximum absolute atomic E-state index is 14.7. The number of anilines is 1. The second-order valence-electron chi connectivity index (χ2n) is 11.7. The molecule has 2 saturated heterocycles. The topological polar surface area (TPSA) is 66.8 Å². The van der Waals surface area contributed by atoms with Crippen LogP contribution >= 0.6 is 23.4 Å². The molecule has 43 heavy (non-hydrogen) atoms. The van der Waals surface area contributed by atoms with Crippen molar-refractivity contribution in [3.63, 3.8) is 0 Å². The molecule has 228 valence electrons. The van der Waals surface area contributed by atoms with E-state index in [2.05, 4.69) is 27.7 Å². The molecule has 0 N–H and O–H groups in total. The molecule has 2 aromatic rings. The number of rotatable bonds is 8. The van der Waals surface area contributed by atoms with Crippen LogP contribution in [0.2, 0.25) is 5.02 Å². The first-order chi connectivity index (χ1) is 20.9. The highest BCUT2D eigenvalue weighted by atomic mass is 35.5. The molecular formula is C32H36ClFN4O4S. The highest BCUT2D eigenvalue weighted by Crippen LogP contribution is 2.45. The number of ketones is 1. The molecule has 0 saturated carbocycles. The van der Waals surface area contributed by atoms with Crippen molar-refractivity contribution in [2.24, 2.45) is 4.99 Å². The minimum atomic E-state index is -0.560. The van der Waals surface area contributed by atoms with E-state index in [1.165, 1.54) is 6.07 Å². The molecule has 7 rings (SSSR count). The van der Waals surface area contributed by atoms with E-state index in [-0.39, 0.29) is 36.0 Å². The van der Waals surface area contributed by atoms with Gasteiger partial charge in [0, 0.05) is 55.8 Å². The number of fused-ring (bicyclic) bond motifs is 2. The van der Waals surface area contributed by atoms with Gasteiger partial charge in [-0.2, -0.15) is 0 Å². The number of ether oxygens (including phenoxy) is 3. The molecule has 0 spiro atoms. The summed E-state index contributed by atoms with van der Waals surface area (Å²) in [6.07, 6.45) is 3.37. The number of amidine groups is 1. The molecular weight excluding hydrogens is 591 g/mol. The average molecular weight is 627 g/mol.